The van der Waals surface area contributed by atoms with E-state index in [9.17, 15) is 4.79 Å². The van der Waals surface area contributed by atoms with Crippen LogP contribution in [0.4, 0.5) is 0 Å². The molecule has 0 aromatic carbocycles. The fourth-order valence-corrected chi connectivity index (χ4v) is 2.14. The van der Waals surface area contributed by atoms with Crippen LogP contribution in [0.2, 0.25) is 0 Å². The van der Waals surface area contributed by atoms with Crippen LogP contribution in [0, 0.1) is 20.8 Å². The first-order valence-corrected chi connectivity index (χ1v) is 6.59. The van der Waals surface area contributed by atoms with Crippen molar-refractivity contribution < 1.29 is 9.53 Å². The van der Waals surface area contributed by atoms with Crippen LogP contribution in [0.15, 0.2) is 12.1 Å². The minimum Gasteiger partial charge on any atom is -0.464 e. The third-order valence-corrected chi connectivity index (χ3v) is 3.37. The third kappa shape index (κ3) is 2.43. The highest BCUT2D eigenvalue weighted by molar-refractivity contribution is 5.88. The Kier molecular flexibility index (Phi) is 3.88. The largest absolute Gasteiger partial charge is 0.464 e. The maximum absolute atomic E-state index is 11.7. The van der Waals surface area contributed by atoms with E-state index in [4.69, 9.17) is 4.74 Å². The van der Waals surface area contributed by atoms with E-state index in [2.05, 4.69) is 16.1 Å². The van der Waals surface area contributed by atoms with Gasteiger partial charge < -0.3 is 4.74 Å². The van der Waals surface area contributed by atoms with Crippen molar-refractivity contribution >= 4 is 5.97 Å². The Hall–Kier alpha value is -2.17. The fraction of sp³-hybridized carbons (Fsp3) is 0.400. The van der Waals surface area contributed by atoms with Crippen molar-refractivity contribution in [2.45, 2.75) is 34.2 Å². The summed E-state index contributed by atoms with van der Waals surface area (Å²) in [6.07, 6.45) is 0. The van der Waals surface area contributed by atoms with E-state index < -0.39 is 0 Å². The number of aryl methyl sites for hydroxylation is 4. The summed E-state index contributed by atoms with van der Waals surface area (Å²) in [5, 5.41) is 4.45. The van der Waals surface area contributed by atoms with Crippen LogP contribution in [0.1, 0.15) is 34.2 Å². The highest BCUT2D eigenvalue weighted by Crippen LogP contribution is 2.23. The van der Waals surface area contributed by atoms with Crippen molar-refractivity contribution in [2.75, 3.05) is 7.11 Å². The normalized spacial score (nSPS) is 10.7. The SMILES string of the molecule is CCn1nc(-c2nc(C)c(C)cc2C)cc1C(=O)OC. The minimum atomic E-state index is -0.382. The highest BCUT2D eigenvalue weighted by Gasteiger charge is 2.18. The van der Waals surface area contributed by atoms with Crippen molar-refractivity contribution in [3.8, 4) is 11.4 Å². The topological polar surface area (TPSA) is 57.0 Å². The molecule has 2 aromatic heterocycles. The van der Waals surface area contributed by atoms with Crippen LogP contribution in [0.5, 0.6) is 0 Å². The molecule has 0 atom stereocenters. The van der Waals surface area contributed by atoms with Crippen molar-refractivity contribution in [3.63, 3.8) is 0 Å². The highest BCUT2D eigenvalue weighted by atomic mass is 16.5. The number of hydrogen-bond donors (Lipinski definition) is 0. The Labute approximate surface area is 118 Å². The first kappa shape index (κ1) is 14.2. The lowest BCUT2D eigenvalue weighted by atomic mass is 10.1. The lowest BCUT2D eigenvalue weighted by Crippen LogP contribution is -2.10. The van der Waals surface area contributed by atoms with Crippen molar-refractivity contribution in [3.05, 3.63) is 34.6 Å². The zero-order chi connectivity index (χ0) is 14.9. The summed E-state index contributed by atoms with van der Waals surface area (Å²) in [5.41, 5.74) is 5.12. The monoisotopic (exact) mass is 273 g/mol. The number of carbonyl (C=O) groups excluding carboxylic acids is 1. The minimum absolute atomic E-state index is 0.382. The van der Waals surface area contributed by atoms with Gasteiger partial charge in [0.2, 0.25) is 0 Å². The van der Waals surface area contributed by atoms with E-state index in [-0.39, 0.29) is 5.97 Å². The zero-order valence-electron chi connectivity index (χ0n) is 12.5. The fourth-order valence-electron chi connectivity index (χ4n) is 2.14. The Morgan fingerprint density at radius 3 is 2.55 bits per heavy atom. The molecule has 0 saturated heterocycles. The molecule has 2 aromatic rings. The molecule has 0 unspecified atom stereocenters. The van der Waals surface area contributed by atoms with Gasteiger partial charge in [0.15, 0.2) is 0 Å². The van der Waals surface area contributed by atoms with E-state index in [0.29, 0.717) is 17.9 Å². The smallest absolute Gasteiger partial charge is 0.356 e. The summed E-state index contributed by atoms with van der Waals surface area (Å²) in [4.78, 5) is 16.3. The van der Waals surface area contributed by atoms with E-state index in [1.54, 1.807) is 10.7 Å². The summed E-state index contributed by atoms with van der Waals surface area (Å²) in [7, 11) is 1.37. The number of aromatic nitrogens is 3. The summed E-state index contributed by atoms with van der Waals surface area (Å²) in [6.45, 7) is 8.54. The maximum Gasteiger partial charge on any atom is 0.356 e. The van der Waals surface area contributed by atoms with Gasteiger partial charge in [-0.1, -0.05) is 6.07 Å². The Bertz CT molecular complexity index is 659. The van der Waals surface area contributed by atoms with Gasteiger partial charge in [0.05, 0.1) is 12.8 Å². The second-order valence-corrected chi connectivity index (χ2v) is 4.78. The summed E-state index contributed by atoms with van der Waals surface area (Å²) >= 11 is 0. The first-order chi connectivity index (χ1) is 9.47. The molecule has 5 nitrogen and oxygen atoms in total. The number of ether oxygens (including phenoxy) is 1. The number of rotatable bonds is 3. The van der Waals surface area contributed by atoms with Crippen LogP contribution in [-0.4, -0.2) is 27.8 Å². The molecule has 0 aliphatic heterocycles. The quantitative estimate of drug-likeness (QED) is 0.807. The van der Waals surface area contributed by atoms with Crippen LogP contribution < -0.4 is 0 Å². The Morgan fingerprint density at radius 2 is 1.95 bits per heavy atom. The first-order valence-electron chi connectivity index (χ1n) is 6.59. The lowest BCUT2D eigenvalue weighted by Gasteiger charge is -2.06. The van der Waals surface area contributed by atoms with Gasteiger partial charge in [-0.3, -0.25) is 9.67 Å². The van der Waals surface area contributed by atoms with Crippen molar-refractivity contribution in [2.24, 2.45) is 0 Å². The molecule has 0 aliphatic rings. The van der Waals surface area contributed by atoms with E-state index in [1.165, 1.54) is 7.11 Å². The molecule has 0 bridgehead atoms. The summed E-state index contributed by atoms with van der Waals surface area (Å²) in [5.74, 6) is -0.382. The second-order valence-electron chi connectivity index (χ2n) is 4.78. The molecule has 0 saturated carbocycles. The number of nitrogens with zero attached hydrogens (tertiary/aromatic N) is 3. The van der Waals surface area contributed by atoms with Gasteiger partial charge in [-0.15, -0.1) is 0 Å². The average Bonchev–Trinajstić information content (AvgIpc) is 2.85. The van der Waals surface area contributed by atoms with Gasteiger partial charge in [-0.05, 0) is 38.8 Å². The predicted octanol–water partition coefficient (Wildman–Crippen LogP) is 2.68. The van der Waals surface area contributed by atoms with Gasteiger partial charge in [0, 0.05) is 18.3 Å². The molecule has 106 valence electrons. The molecular formula is C15H19N3O2. The molecule has 2 rings (SSSR count). The molecule has 0 fully saturated rings. The van der Waals surface area contributed by atoms with Gasteiger partial charge in [-0.25, -0.2) is 4.79 Å². The Balaban J connectivity index is 2.56. The third-order valence-electron chi connectivity index (χ3n) is 3.37. The maximum atomic E-state index is 11.7. The average molecular weight is 273 g/mol. The van der Waals surface area contributed by atoms with Crippen molar-refractivity contribution in [1.82, 2.24) is 14.8 Å². The lowest BCUT2D eigenvalue weighted by molar-refractivity contribution is 0.0587. The van der Waals surface area contributed by atoms with Gasteiger partial charge in [0.1, 0.15) is 11.4 Å². The molecule has 20 heavy (non-hydrogen) atoms. The molecule has 5 heteroatoms. The number of carbonyl (C=O) groups is 1. The molecule has 2 heterocycles. The molecule has 0 N–H and O–H groups in total. The van der Waals surface area contributed by atoms with Crippen LogP contribution >= 0.6 is 0 Å². The van der Waals surface area contributed by atoms with Gasteiger partial charge in [0.25, 0.3) is 0 Å². The number of methoxy groups -OCH3 is 1. The standard InChI is InChI=1S/C15H19N3O2/c1-6-18-13(15(19)20-5)8-12(17-18)14-10(3)7-9(2)11(4)16-14/h7-8H,6H2,1-5H3. The van der Waals surface area contributed by atoms with Crippen LogP contribution in [-0.2, 0) is 11.3 Å². The Morgan fingerprint density at radius 1 is 1.25 bits per heavy atom. The van der Waals surface area contributed by atoms with Crippen LogP contribution in [0.3, 0.4) is 0 Å². The molecule has 0 aliphatic carbocycles. The van der Waals surface area contributed by atoms with E-state index in [0.717, 1.165) is 22.5 Å². The molecular weight excluding hydrogens is 254 g/mol. The summed E-state index contributed by atoms with van der Waals surface area (Å²) in [6, 6.07) is 3.82. The van der Waals surface area contributed by atoms with Gasteiger partial charge in [-0.2, -0.15) is 5.10 Å². The zero-order valence-corrected chi connectivity index (χ0v) is 12.5. The van der Waals surface area contributed by atoms with Crippen molar-refractivity contribution in [1.29, 1.82) is 0 Å². The van der Waals surface area contributed by atoms with Crippen LogP contribution in [0.25, 0.3) is 11.4 Å². The van der Waals surface area contributed by atoms with E-state index >= 15 is 0 Å². The molecule has 0 spiro atoms. The molecule has 0 radical (unpaired) electrons. The molecule has 0 amide bonds. The number of hydrogen-bond acceptors (Lipinski definition) is 4. The summed E-state index contributed by atoms with van der Waals surface area (Å²) < 4.78 is 6.42. The predicted molar refractivity (Wildman–Crippen MR) is 76.7 cm³/mol. The number of esters is 1. The number of pyridine rings is 1. The van der Waals surface area contributed by atoms with E-state index in [1.807, 2.05) is 27.7 Å². The van der Waals surface area contributed by atoms with Gasteiger partial charge >= 0.3 is 5.97 Å². The second kappa shape index (κ2) is 5.45.